The fourth-order valence-corrected chi connectivity index (χ4v) is 3.71. The number of hydrogen-bond donors (Lipinski definition) is 2. The van der Waals surface area contributed by atoms with Crippen LogP contribution < -0.4 is 20.1 Å². The van der Waals surface area contributed by atoms with Gasteiger partial charge in [-0.1, -0.05) is 29.3 Å². The van der Waals surface area contributed by atoms with Crippen molar-refractivity contribution in [3.8, 4) is 11.5 Å². The van der Waals surface area contributed by atoms with E-state index < -0.39 is 0 Å². The van der Waals surface area contributed by atoms with Crippen LogP contribution >= 0.6 is 23.2 Å². The zero-order chi connectivity index (χ0) is 22.2. The van der Waals surface area contributed by atoms with Crippen molar-refractivity contribution in [1.29, 1.82) is 0 Å². The number of morpholine rings is 1. The van der Waals surface area contributed by atoms with Gasteiger partial charge in [0.25, 0.3) is 0 Å². The van der Waals surface area contributed by atoms with Gasteiger partial charge in [0, 0.05) is 44.4 Å². The second-order valence-corrected chi connectivity index (χ2v) is 8.03. The number of rotatable bonds is 8. The first-order valence-electron chi connectivity index (χ1n) is 9.99. The Kier molecular flexibility index (Phi) is 8.66. The summed E-state index contributed by atoms with van der Waals surface area (Å²) in [5.74, 6) is 1.36. The molecule has 0 saturated carbocycles. The second kappa shape index (κ2) is 11.4. The summed E-state index contributed by atoms with van der Waals surface area (Å²) in [5.41, 5.74) is 1.95. The minimum absolute atomic E-state index is 0.0854. The van der Waals surface area contributed by atoms with Gasteiger partial charge < -0.3 is 24.8 Å². The molecule has 1 saturated heterocycles. The Hall–Kier alpha value is -2.19. The monoisotopic (exact) mass is 467 g/mol. The van der Waals surface area contributed by atoms with E-state index in [9.17, 15) is 4.79 Å². The summed E-state index contributed by atoms with van der Waals surface area (Å²) in [6, 6.07) is 10.9. The van der Waals surface area contributed by atoms with Gasteiger partial charge in [-0.3, -0.25) is 4.90 Å². The minimum atomic E-state index is -0.261. The number of amides is 2. The van der Waals surface area contributed by atoms with Crippen LogP contribution in [-0.4, -0.2) is 57.5 Å². The summed E-state index contributed by atoms with van der Waals surface area (Å²) in [6.07, 6.45) is -0.0854. The first-order valence-corrected chi connectivity index (χ1v) is 10.7. The third-order valence-electron chi connectivity index (χ3n) is 5.04. The number of methoxy groups -OCH3 is 2. The van der Waals surface area contributed by atoms with E-state index in [1.165, 1.54) is 0 Å². The highest BCUT2D eigenvalue weighted by atomic mass is 35.5. The third kappa shape index (κ3) is 6.90. The van der Waals surface area contributed by atoms with Crippen molar-refractivity contribution in [3.05, 3.63) is 57.6 Å². The molecule has 1 fully saturated rings. The van der Waals surface area contributed by atoms with Crippen LogP contribution in [-0.2, 0) is 17.8 Å². The van der Waals surface area contributed by atoms with Crippen LogP contribution in [0.4, 0.5) is 4.79 Å². The highest BCUT2D eigenvalue weighted by Gasteiger charge is 2.21. The standard InChI is InChI=1S/C22H27Cl2N3O4/c1-29-17-5-4-16(21(10-17)30-2)11-25-22(28)26-12-18-14-27(7-8-31-18)13-15-3-6-19(23)20(24)9-15/h3-6,9-10,18H,7-8,11-14H2,1-2H3,(H2,25,26,28). The smallest absolute Gasteiger partial charge is 0.315 e. The first kappa shape index (κ1) is 23.5. The second-order valence-electron chi connectivity index (χ2n) is 7.22. The maximum atomic E-state index is 12.2. The fraction of sp³-hybridized carbons (Fsp3) is 0.409. The number of halogens is 2. The predicted octanol–water partition coefficient (Wildman–Crippen LogP) is 3.71. The summed E-state index contributed by atoms with van der Waals surface area (Å²) in [6.45, 7) is 3.66. The SMILES string of the molecule is COc1ccc(CNC(=O)NCC2CN(Cc3ccc(Cl)c(Cl)c3)CCO2)c(OC)c1. The molecule has 2 amide bonds. The molecule has 7 nitrogen and oxygen atoms in total. The number of carbonyl (C=O) groups excluding carboxylic acids is 1. The van der Waals surface area contributed by atoms with E-state index in [1.54, 1.807) is 26.4 Å². The van der Waals surface area contributed by atoms with E-state index in [4.69, 9.17) is 37.4 Å². The van der Waals surface area contributed by atoms with Gasteiger partial charge in [0.15, 0.2) is 0 Å². The Bertz CT molecular complexity index is 897. The van der Waals surface area contributed by atoms with Crippen molar-refractivity contribution in [1.82, 2.24) is 15.5 Å². The summed E-state index contributed by atoms with van der Waals surface area (Å²) in [4.78, 5) is 14.5. The number of nitrogens with zero attached hydrogens (tertiary/aromatic N) is 1. The minimum Gasteiger partial charge on any atom is -0.497 e. The summed E-state index contributed by atoms with van der Waals surface area (Å²) in [7, 11) is 3.18. The van der Waals surface area contributed by atoms with Crippen molar-refractivity contribution in [2.45, 2.75) is 19.2 Å². The predicted molar refractivity (Wildman–Crippen MR) is 121 cm³/mol. The van der Waals surface area contributed by atoms with Gasteiger partial charge in [0.2, 0.25) is 0 Å². The van der Waals surface area contributed by atoms with Crippen LogP contribution in [0.2, 0.25) is 10.0 Å². The van der Waals surface area contributed by atoms with Crippen LogP contribution in [0.5, 0.6) is 11.5 Å². The molecule has 0 aliphatic carbocycles. The highest BCUT2D eigenvalue weighted by Crippen LogP contribution is 2.25. The summed E-state index contributed by atoms with van der Waals surface area (Å²) in [5, 5.41) is 6.82. The maximum absolute atomic E-state index is 12.2. The van der Waals surface area contributed by atoms with Crippen LogP contribution in [0.15, 0.2) is 36.4 Å². The van der Waals surface area contributed by atoms with E-state index in [0.717, 1.165) is 24.2 Å². The highest BCUT2D eigenvalue weighted by molar-refractivity contribution is 6.42. The number of hydrogen-bond acceptors (Lipinski definition) is 5. The van der Waals surface area contributed by atoms with Crippen LogP contribution in [0.3, 0.4) is 0 Å². The Morgan fingerprint density at radius 2 is 1.97 bits per heavy atom. The lowest BCUT2D eigenvalue weighted by Crippen LogP contribution is -2.48. The topological polar surface area (TPSA) is 72.1 Å². The quantitative estimate of drug-likeness (QED) is 0.618. The van der Waals surface area contributed by atoms with Crippen molar-refractivity contribution in [2.24, 2.45) is 0 Å². The Balaban J connectivity index is 1.44. The summed E-state index contributed by atoms with van der Waals surface area (Å²) >= 11 is 12.1. The largest absolute Gasteiger partial charge is 0.497 e. The molecule has 168 valence electrons. The number of benzene rings is 2. The van der Waals surface area contributed by atoms with Crippen molar-refractivity contribution >= 4 is 29.2 Å². The molecule has 9 heteroatoms. The molecule has 1 atom stereocenters. The molecule has 1 unspecified atom stereocenters. The average molecular weight is 468 g/mol. The van der Waals surface area contributed by atoms with E-state index >= 15 is 0 Å². The van der Waals surface area contributed by atoms with Gasteiger partial charge in [-0.25, -0.2) is 4.79 Å². The number of urea groups is 1. The summed E-state index contributed by atoms with van der Waals surface area (Å²) < 4.78 is 16.3. The molecule has 31 heavy (non-hydrogen) atoms. The zero-order valence-electron chi connectivity index (χ0n) is 17.6. The molecule has 0 aromatic heterocycles. The van der Waals surface area contributed by atoms with Gasteiger partial charge >= 0.3 is 6.03 Å². The Morgan fingerprint density at radius 3 is 2.71 bits per heavy atom. The Morgan fingerprint density at radius 1 is 1.13 bits per heavy atom. The number of ether oxygens (including phenoxy) is 3. The van der Waals surface area contributed by atoms with Crippen LogP contribution in [0.25, 0.3) is 0 Å². The number of carbonyl (C=O) groups is 1. The van der Waals surface area contributed by atoms with Crippen molar-refractivity contribution in [3.63, 3.8) is 0 Å². The molecule has 2 aromatic rings. The zero-order valence-corrected chi connectivity index (χ0v) is 19.1. The molecule has 0 radical (unpaired) electrons. The molecule has 1 heterocycles. The van der Waals surface area contributed by atoms with E-state index in [-0.39, 0.29) is 12.1 Å². The van der Waals surface area contributed by atoms with Gasteiger partial charge in [0.05, 0.1) is 37.0 Å². The molecule has 0 spiro atoms. The molecule has 1 aliphatic heterocycles. The van der Waals surface area contributed by atoms with E-state index in [1.807, 2.05) is 24.3 Å². The molecular formula is C22H27Cl2N3O4. The third-order valence-corrected chi connectivity index (χ3v) is 5.78. The molecule has 2 N–H and O–H groups in total. The lowest BCUT2D eigenvalue weighted by Gasteiger charge is -2.33. The normalized spacial score (nSPS) is 16.6. The van der Waals surface area contributed by atoms with Crippen molar-refractivity contribution < 1.29 is 19.0 Å². The fourth-order valence-electron chi connectivity index (χ4n) is 3.39. The van der Waals surface area contributed by atoms with Gasteiger partial charge in [-0.2, -0.15) is 0 Å². The molecule has 2 aromatic carbocycles. The van der Waals surface area contributed by atoms with Crippen molar-refractivity contribution in [2.75, 3.05) is 40.5 Å². The molecule has 0 bridgehead atoms. The molecule has 1 aliphatic rings. The van der Waals surface area contributed by atoms with Gasteiger partial charge in [-0.15, -0.1) is 0 Å². The van der Waals surface area contributed by atoms with E-state index in [2.05, 4.69) is 15.5 Å². The number of nitrogens with one attached hydrogen (secondary N) is 2. The maximum Gasteiger partial charge on any atom is 0.315 e. The van der Waals surface area contributed by atoms with Crippen LogP contribution in [0.1, 0.15) is 11.1 Å². The lowest BCUT2D eigenvalue weighted by atomic mass is 10.2. The Labute approximate surface area is 192 Å². The van der Waals surface area contributed by atoms with Gasteiger partial charge in [-0.05, 0) is 29.8 Å². The molecular weight excluding hydrogens is 441 g/mol. The molecule has 3 rings (SSSR count). The van der Waals surface area contributed by atoms with Crippen LogP contribution in [0, 0.1) is 0 Å². The lowest BCUT2D eigenvalue weighted by molar-refractivity contribution is -0.0287. The van der Waals surface area contributed by atoms with Gasteiger partial charge in [0.1, 0.15) is 11.5 Å². The first-order chi connectivity index (χ1) is 15.0. The average Bonchev–Trinajstić information content (AvgIpc) is 2.79. The van der Waals surface area contributed by atoms with E-state index in [0.29, 0.717) is 47.8 Å².